The summed E-state index contributed by atoms with van der Waals surface area (Å²) in [7, 11) is 0. The van der Waals surface area contributed by atoms with Crippen molar-refractivity contribution in [2.75, 3.05) is 0 Å². The minimum atomic E-state index is 0.318. The molecule has 0 heterocycles. The Bertz CT molecular complexity index is 341. The normalized spacial score (nSPS) is 12.8. The molecule has 0 N–H and O–H groups in total. The Hall–Kier alpha value is -0.980. The molecule has 0 bridgehead atoms. The maximum atomic E-state index is 5.98. The van der Waals surface area contributed by atoms with Crippen molar-refractivity contribution in [1.82, 2.24) is 0 Å². The largest absolute Gasteiger partial charge is 0.490 e. The summed E-state index contributed by atoms with van der Waals surface area (Å²) >= 11 is 0. The number of ether oxygens (including phenoxy) is 1. The molecule has 17 heavy (non-hydrogen) atoms. The molecular weight excluding hydrogens is 208 g/mol. The van der Waals surface area contributed by atoms with Crippen LogP contribution in [0.5, 0.6) is 5.75 Å². The van der Waals surface area contributed by atoms with E-state index in [4.69, 9.17) is 4.74 Å². The predicted molar refractivity (Wildman–Crippen MR) is 74.9 cm³/mol. The van der Waals surface area contributed by atoms with E-state index in [1.165, 1.54) is 24.0 Å². The summed E-state index contributed by atoms with van der Waals surface area (Å²) in [5.41, 5.74) is 2.63. The Kier molecular flexibility index (Phi) is 5.54. The van der Waals surface area contributed by atoms with Gasteiger partial charge in [0.2, 0.25) is 0 Å². The third-order valence-electron chi connectivity index (χ3n) is 3.16. The molecule has 1 aromatic rings. The van der Waals surface area contributed by atoms with Crippen LogP contribution in [0.15, 0.2) is 18.2 Å². The third-order valence-corrected chi connectivity index (χ3v) is 3.16. The van der Waals surface area contributed by atoms with Crippen molar-refractivity contribution in [2.24, 2.45) is 0 Å². The standard InChI is InChI=1S/C16H26O/c1-6-7-8-14(5)17-16-10-9-15(12(2)3)11-13(16)4/h9-12,14H,6-8H2,1-5H3. The molecule has 0 amide bonds. The molecule has 1 atom stereocenters. The lowest BCUT2D eigenvalue weighted by molar-refractivity contribution is 0.206. The zero-order chi connectivity index (χ0) is 12.8. The van der Waals surface area contributed by atoms with Crippen LogP contribution in [0.1, 0.15) is 64.0 Å². The third kappa shape index (κ3) is 4.41. The molecule has 1 aromatic carbocycles. The molecule has 0 radical (unpaired) electrons. The second-order valence-electron chi connectivity index (χ2n) is 5.25. The van der Waals surface area contributed by atoms with Crippen molar-refractivity contribution in [3.8, 4) is 5.75 Å². The highest BCUT2D eigenvalue weighted by Crippen LogP contribution is 2.25. The van der Waals surface area contributed by atoms with Gasteiger partial charge < -0.3 is 4.74 Å². The molecule has 1 unspecified atom stereocenters. The molecule has 0 saturated heterocycles. The number of aryl methyl sites for hydroxylation is 1. The second-order valence-corrected chi connectivity index (χ2v) is 5.25. The van der Waals surface area contributed by atoms with Crippen LogP contribution >= 0.6 is 0 Å². The molecule has 1 heteroatoms. The van der Waals surface area contributed by atoms with Crippen LogP contribution < -0.4 is 4.74 Å². The maximum Gasteiger partial charge on any atom is 0.122 e. The van der Waals surface area contributed by atoms with Gasteiger partial charge in [0, 0.05) is 0 Å². The topological polar surface area (TPSA) is 9.23 Å². The average Bonchev–Trinajstić information content (AvgIpc) is 2.28. The number of rotatable bonds is 6. The van der Waals surface area contributed by atoms with E-state index in [0.717, 1.165) is 12.2 Å². The second kappa shape index (κ2) is 6.68. The Labute approximate surface area is 106 Å². The quantitative estimate of drug-likeness (QED) is 0.667. The van der Waals surface area contributed by atoms with Crippen LogP contribution in [0.2, 0.25) is 0 Å². The minimum absolute atomic E-state index is 0.318. The summed E-state index contributed by atoms with van der Waals surface area (Å²) in [4.78, 5) is 0. The SMILES string of the molecule is CCCCC(C)Oc1ccc(C(C)C)cc1C. The highest BCUT2D eigenvalue weighted by molar-refractivity contribution is 5.37. The fourth-order valence-corrected chi connectivity index (χ4v) is 1.93. The summed E-state index contributed by atoms with van der Waals surface area (Å²) in [6, 6.07) is 6.54. The van der Waals surface area contributed by atoms with Crippen LogP contribution in [-0.4, -0.2) is 6.10 Å². The molecule has 0 spiro atoms. The summed E-state index contributed by atoms with van der Waals surface area (Å²) in [5, 5.41) is 0. The van der Waals surface area contributed by atoms with Gasteiger partial charge in [-0.1, -0.05) is 45.7 Å². The van der Waals surface area contributed by atoms with Gasteiger partial charge in [-0.2, -0.15) is 0 Å². The molecule has 0 aliphatic carbocycles. The van der Waals surface area contributed by atoms with Gasteiger partial charge in [0.15, 0.2) is 0 Å². The molecule has 0 saturated carbocycles. The van der Waals surface area contributed by atoms with Crippen LogP contribution in [0.3, 0.4) is 0 Å². The van der Waals surface area contributed by atoms with Crippen molar-refractivity contribution < 1.29 is 4.74 Å². The lowest BCUT2D eigenvalue weighted by Gasteiger charge is -2.17. The minimum Gasteiger partial charge on any atom is -0.490 e. The Morgan fingerprint density at radius 2 is 1.88 bits per heavy atom. The number of benzene rings is 1. The molecule has 1 nitrogen and oxygen atoms in total. The van der Waals surface area contributed by atoms with Crippen LogP contribution in [0, 0.1) is 6.92 Å². The van der Waals surface area contributed by atoms with Crippen LogP contribution in [-0.2, 0) is 0 Å². The Balaban J connectivity index is 2.65. The summed E-state index contributed by atoms with van der Waals surface area (Å²) < 4.78 is 5.98. The average molecular weight is 234 g/mol. The van der Waals surface area contributed by atoms with Gasteiger partial charge >= 0.3 is 0 Å². The molecular formula is C16H26O. The van der Waals surface area contributed by atoms with E-state index in [2.05, 4.69) is 52.8 Å². The first-order valence-electron chi connectivity index (χ1n) is 6.81. The zero-order valence-corrected chi connectivity index (χ0v) is 11.9. The van der Waals surface area contributed by atoms with Gasteiger partial charge in [0.1, 0.15) is 5.75 Å². The number of hydrogen-bond donors (Lipinski definition) is 0. The van der Waals surface area contributed by atoms with E-state index in [9.17, 15) is 0 Å². The van der Waals surface area contributed by atoms with Crippen molar-refractivity contribution >= 4 is 0 Å². The Morgan fingerprint density at radius 1 is 1.18 bits per heavy atom. The van der Waals surface area contributed by atoms with E-state index in [0.29, 0.717) is 12.0 Å². The Morgan fingerprint density at radius 3 is 2.41 bits per heavy atom. The lowest BCUT2D eigenvalue weighted by Crippen LogP contribution is -2.12. The molecule has 96 valence electrons. The van der Waals surface area contributed by atoms with Crippen molar-refractivity contribution in [3.05, 3.63) is 29.3 Å². The fourth-order valence-electron chi connectivity index (χ4n) is 1.93. The molecule has 0 fully saturated rings. The van der Waals surface area contributed by atoms with Crippen molar-refractivity contribution in [1.29, 1.82) is 0 Å². The van der Waals surface area contributed by atoms with Gasteiger partial charge in [-0.05, 0) is 43.4 Å². The zero-order valence-electron chi connectivity index (χ0n) is 11.9. The molecule has 0 aliphatic heterocycles. The number of hydrogen-bond acceptors (Lipinski definition) is 1. The highest BCUT2D eigenvalue weighted by Gasteiger charge is 2.07. The first-order valence-corrected chi connectivity index (χ1v) is 6.81. The van der Waals surface area contributed by atoms with E-state index in [1.54, 1.807) is 0 Å². The lowest BCUT2D eigenvalue weighted by atomic mass is 10.0. The first-order chi connectivity index (χ1) is 8.04. The van der Waals surface area contributed by atoms with Gasteiger partial charge in [0.05, 0.1) is 6.10 Å². The van der Waals surface area contributed by atoms with Crippen molar-refractivity contribution in [2.45, 2.75) is 65.9 Å². The summed E-state index contributed by atoms with van der Waals surface area (Å²) in [6.07, 6.45) is 3.93. The van der Waals surface area contributed by atoms with Gasteiger partial charge in [-0.25, -0.2) is 0 Å². The first kappa shape index (κ1) is 14.1. The highest BCUT2D eigenvalue weighted by atomic mass is 16.5. The number of unbranched alkanes of at least 4 members (excludes halogenated alkanes) is 1. The monoisotopic (exact) mass is 234 g/mol. The summed E-state index contributed by atoms with van der Waals surface area (Å²) in [5.74, 6) is 1.62. The van der Waals surface area contributed by atoms with E-state index < -0.39 is 0 Å². The fraction of sp³-hybridized carbons (Fsp3) is 0.625. The van der Waals surface area contributed by atoms with Gasteiger partial charge in [-0.15, -0.1) is 0 Å². The molecule has 0 aromatic heterocycles. The van der Waals surface area contributed by atoms with Crippen LogP contribution in [0.4, 0.5) is 0 Å². The van der Waals surface area contributed by atoms with E-state index in [-0.39, 0.29) is 0 Å². The van der Waals surface area contributed by atoms with Gasteiger partial charge in [0.25, 0.3) is 0 Å². The molecule has 0 aliphatic rings. The maximum absolute atomic E-state index is 5.98. The molecule has 1 rings (SSSR count). The van der Waals surface area contributed by atoms with E-state index >= 15 is 0 Å². The van der Waals surface area contributed by atoms with Gasteiger partial charge in [-0.3, -0.25) is 0 Å². The van der Waals surface area contributed by atoms with E-state index in [1.807, 2.05) is 0 Å². The van der Waals surface area contributed by atoms with Crippen molar-refractivity contribution in [3.63, 3.8) is 0 Å². The smallest absolute Gasteiger partial charge is 0.122 e. The van der Waals surface area contributed by atoms with Crippen LogP contribution in [0.25, 0.3) is 0 Å². The predicted octanol–water partition coefficient (Wildman–Crippen LogP) is 5.08. The summed E-state index contributed by atoms with van der Waals surface area (Å²) in [6.45, 7) is 11.0.